The van der Waals surface area contributed by atoms with E-state index in [0.717, 1.165) is 17.7 Å². The molecule has 0 amide bonds. The SMILES string of the molecule is CC[C@H](C)c1nc2[nH]c(=O)[nH]c2c(-c2ccc(F)cc2)c1Cl. The summed E-state index contributed by atoms with van der Waals surface area (Å²) in [7, 11) is 0. The molecule has 6 heteroatoms. The summed E-state index contributed by atoms with van der Waals surface area (Å²) in [6.45, 7) is 4.07. The summed E-state index contributed by atoms with van der Waals surface area (Å²) in [6.07, 6.45) is 0.871. The minimum Gasteiger partial charge on any atom is -0.304 e. The molecule has 0 radical (unpaired) electrons. The number of nitrogens with zero attached hydrogens (tertiary/aromatic N) is 1. The van der Waals surface area contributed by atoms with Gasteiger partial charge in [0.05, 0.1) is 16.2 Å². The number of H-pyrrole nitrogens is 2. The average molecular weight is 320 g/mol. The van der Waals surface area contributed by atoms with Crippen LogP contribution in [0.4, 0.5) is 4.39 Å². The summed E-state index contributed by atoms with van der Waals surface area (Å²) in [5.41, 5.74) is 2.78. The largest absolute Gasteiger partial charge is 0.325 e. The minimum atomic E-state index is -0.344. The Bertz CT molecular complexity index is 883. The van der Waals surface area contributed by atoms with Crippen LogP contribution in [0, 0.1) is 5.82 Å². The quantitative estimate of drug-likeness (QED) is 0.759. The van der Waals surface area contributed by atoms with Crippen LogP contribution >= 0.6 is 11.6 Å². The molecule has 1 aromatic carbocycles. The van der Waals surface area contributed by atoms with Crippen molar-refractivity contribution in [1.82, 2.24) is 15.0 Å². The van der Waals surface area contributed by atoms with Crippen molar-refractivity contribution < 1.29 is 4.39 Å². The number of pyridine rings is 1. The van der Waals surface area contributed by atoms with E-state index in [9.17, 15) is 9.18 Å². The van der Waals surface area contributed by atoms with E-state index in [-0.39, 0.29) is 17.4 Å². The first-order chi connectivity index (χ1) is 10.5. The topological polar surface area (TPSA) is 61.5 Å². The monoisotopic (exact) mass is 319 g/mol. The number of benzene rings is 1. The lowest BCUT2D eigenvalue weighted by Gasteiger charge is -2.14. The van der Waals surface area contributed by atoms with E-state index in [2.05, 4.69) is 15.0 Å². The number of hydrogen-bond acceptors (Lipinski definition) is 2. The van der Waals surface area contributed by atoms with Gasteiger partial charge in [-0.3, -0.25) is 4.98 Å². The van der Waals surface area contributed by atoms with E-state index in [1.807, 2.05) is 13.8 Å². The van der Waals surface area contributed by atoms with Gasteiger partial charge in [0.1, 0.15) is 5.82 Å². The molecule has 2 aromatic heterocycles. The number of fused-ring (bicyclic) bond motifs is 1. The Hall–Kier alpha value is -2.14. The van der Waals surface area contributed by atoms with E-state index in [0.29, 0.717) is 21.7 Å². The molecule has 4 nitrogen and oxygen atoms in total. The highest BCUT2D eigenvalue weighted by Gasteiger charge is 2.20. The molecule has 3 aromatic rings. The maximum absolute atomic E-state index is 13.2. The maximum Gasteiger partial charge on any atom is 0.325 e. The lowest BCUT2D eigenvalue weighted by Crippen LogP contribution is -2.00. The minimum absolute atomic E-state index is 0.148. The summed E-state index contributed by atoms with van der Waals surface area (Å²) in [6, 6.07) is 6.01. The van der Waals surface area contributed by atoms with Crippen LogP contribution in [0.2, 0.25) is 5.02 Å². The van der Waals surface area contributed by atoms with Gasteiger partial charge >= 0.3 is 5.69 Å². The van der Waals surface area contributed by atoms with E-state index in [4.69, 9.17) is 11.6 Å². The Morgan fingerprint density at radius 2 is 1.95 bits per heavy atom. The fourth-order valence-electron chi connectivity index (χ4n) is 2.45. The van der Waals surface area contributed by atoms with Crippen molar-refractivity contribution in [3.8, 4) is 11.1 Å². The summed E-state index contributed by atoms with van der Waals surface area (Å²) in [5, 5.41) is 0.490. The second-order valence-electron chi connectivity index (χ2n) is 5.30. The molecule has 2 N–H and O–H groups in total. The van der Waals surface area contributed by atoms with E-state index in [1.54, 1.807) is 12.1 Å². The zero-order valence-electron chi connectivity index (χ0n) is 12.2. The third kappa shape index (κ3) is 2.41. The second-order valence-corrected chi connectivity index (χ2v) is 5.68. The van der Waals surface area contributed by atoms with Crippen molar-refractivity contribution in [1.29, 1.82) is 0 Å². The van der Waals surface area contributed by atoms with Gasteiger partial charge in [-0.05, 0) is 30.0 Å². The lowest BCUT2D eigenvalue weighted by molar-refractivity contribution is 0.628. The zero-order valence-corrected chi connectivity index (χ0v) is 13.0. The van der Waals surface area contributed by atoms with Crippen molar-refractivity contribution >= 4 is 22.8 Å². The van der Waals surface area contributed by atoms with Crippen LogP contribution in [0.3, 0.4) is 0 Å². The van der Waals surface area contributed by atoms with Crippen molar-refractivity contribution in [3.05, 3.63) is 51.3 Å². The van der Waals surface area contributed by atoms with Gasteiger partial charge in [0.2, 0.25) is 0 Å². The molecule has 0 aliphatic carbocycles. The number of aromatic nitrogens is 3. The highest BCUT2D eigenvalue weighted by molar-refractivity contribution is 6.35. The Kier molecular flexibility index (Phi) is 3.74. The zero-order chi connectivity index (χ0) is 15.9. The molecule has 0 spiro atoms. The Morgan fingerprint density at radius 1 is 1.27 bits per heavy atom. The molecule has 22 heavy (non-hydrogen) atoms. The maximum atomic E-state index is 13.2. The average Bonchev–Trinajstić information content (AvgIpc) is 2.87. The molecule has 2 heterocycles. The van der Waals surface area contributed by atoms with E-state index < -0.39 is 0 Å². The summed E-state index contributed by atoms with van der Waals surface area (Å²) in [5.74, 6) is -0.176. The summed E-state index contributed by atoms with van der Waals surface area (Å²) in [4.78, 5) is 21.5. The standard InChI is InChI=1S/C16H15ClFN3O/c1-3-8(2)13-12(17)11(9-4-6-10(18)7-5-9)14-15(19-13)21-16(22)20-14/h4-8H,3H2,1-2H3,(H2,19,20,21,22)/t8-/m0/s1. The van der Waals surface area contributed by atoms with E-state index in [1.165, 1.54) is 12.1 Å². The van der Waals surface area contributed by atoms with Gasteiger partial charge in [0, 0.05) is 5.56 Å². The molecule has 0 fully saturated rings. The van der Waals surface area contributed by atoms with Gasteiger partial charge in [-0.2, -0.15) is 0 Å². The molecule has 114 valence electrons. The second kappa shape index (κ2) is 5.57. The van der Waals surface area contributed by atoms with Crippen LogP contribution in [0.1, 0.15) is 31.9 Å². The van der Waals surface area contributed by atoms with Gasteiger partial charge in [-0.1, -0.05) is 37.6 Å². The molecular formula is C16H15ClFN3O. The van der Waals surface area contributed by atoms with Gasteiger partial charge in [0.15, 0.2) is 5.65 Å². The molecular weight excluding hydrogens is 305 g/mol. The van der Waals surface area contributed by atoms with Crippen LogP contribution in [0.25, 0.3) is 22.3 Å². The molecule has 1 atom stereocenters. The van der Waals surface area contributed by atoms with Crippen LogP contribution in [0.5, 0.6) is 0 Å². The number of hydrogen-bond donors (Lipinski definition) is 2. The van der Waals surface area contributed by atoms with Gasteiger partial charge in [0.25, 0.3) is 0 Å². The predicted octanol–water partition coefficient (Wildman–Crippen LogP) is 4.22. The molecule has 0 saturated heterocycles. The molecule has 0 aliphatic heterocycles. The van der Waals surface area contributed by atoms with Gasteiger partial charge in [-0.25, -0.2) is 14.2 Å². The first-order valence-corrected chi connectivity index (χ1v) is 7.46. The molecule has 0 saturated carbocycles. The number of imidazole rings is 1. The van der Waals surface area contributed by atoms with Crippen LogP contribution in [-0.2, 0) is 0 Å². The number of rotatable bonds is 3. The number of aromatic amines is 2. The highest BCUT2D eigenvalue weighted by atomic mass is 35.5. The molecule has 0 bridgehead atoms. The van der Waals surface area contributed by atoms with Gasteiger partial charge < -0.3 is 4.98 Å². The molecule has 0 aliphatic rings. The third-order valence-corrected chi connectivity index (χ3v) is 4.23. The van der Waals surface area contributed by atoms with Crippen LogP contribution < -0.4 is 5.69 Å². The Labute approximate surface area is 131 Å². The smallest absolute Gasteiger partial charge is 0.304 e. The van der Waals surface area contributed by atoms with E-state index >= 15 is 0 Å². The molecule has 3 rings (SSSR count). The normalized spacial score (nSPS) is 12.7. The Morgan fingerprint density at radius 3 is 2.59 bits per heavy atom. The van der Waals surface area contributed by atoms with Crippen molar-refractivity contribution in [2.24, 2.45) is 0 Å². The lowest BCUT2D eigenvalue weighted by atomic mass is 9.98. The number of nitrogens with one attached hydrogen (secondary N) is 2. The fourth-order valence-corrected chi connectivity index (χ4v) is 2.89. The summed E-state index contributed by atoms with van der Waals surface area (Å²) >= 11 is 6.55. The predicted molar refractivity (Wildman–Crippen MR) is 85.8 cm³/mol. The molecule has 0 unspecified atom stereocenters. The summed E-state index contributed by atoms with van der Waals surface area (Å²) < 4.78 is 13.2. The first kappa shape index (κ1) is 14.8. The van der Waals surface area contributed by atoms with Crippen molar-refractivity contribution in [3.63, 3.8) is 0 Å². The number of halogens is 2. The highest BCUT2D eigenvalue weighted by Crippen LogP contribution is 2.37. The van der Waals surface area contributed by atoms with Crippen LogP contribution in [-0.4, -0.2) is 15.0 Å². The van der Waals surface area contributed by atoms with Crippen molar-refractivity contribution in [2.45, 2.75) is 26.2 Å². The van der Waals surface area contributed by atoms with Crippen LogP contribution in [0.15, 0.2) is 29.1 Å². The Balaban J connectivity index is 2.37. The first-order valence-electron chi connectivity index (χ1n) is 7.08. The van der Waals surface area contributed by atoms with Crippen molar-refractivity contribution in [2.75, 3.05) is 0 Å². The third-order valence-electron chi connectivity index (χ3n) is 3.85. The fraction of sp³-hybridized carbons (Fsp3) is 0.250. The van der Waals surface area contributed by atoms with Gasteiger partial charge in [-0.15, -0.1) is 0 Å².